The maximum absolute atomic E-state index is 5.69. The van der Waals surface area contributed by atoms with E-state index in [1.54, 1.807) is 12.5 Å². The fourth-order valence-corrected chi connectivity index (χ4v) is 1.57. The van der Waals surface area contributed by atoms with Gasteiger partial charge in [0, 0.05) is 18.0 Å². The number of rotatable bonds is 6. The lowest BCUT2D eigenvalue weighted by Crippen LogP contribution is -2.05. The van der Waals surface area contributed by atoms with Crippen LogP contribution in [0.5, 0.6) is 5.75 Å². The lowest BCUT2D eigenvalue weighted by atomic mass is 10.2. The van der Waals surface area contributed by atoms with Crippen molar-refractivity contribution in [3.63, 3.8) is 0 Å². The maximum Gasteiger partial charge on any atom is 0.121 e. The van der Waals surface area contributed by atoms with Gasteiger partial charge in [-0.2, -0.15) is 0 Å². The van der Waals surface area contributed by atoms with E-state index >= 15 is 0 Å². The van der Waals surface area contributed by atoms with Gasteiger partial charge in [-0.1, -0.05) is 19.9 Å². The Bertz CT molecular complexity index is 500. The van der Waals surface area contributed by atoms with Crippen LogP contribution in [0.4, 0.5) is 5.69 Å². The summed E-state index contributed by atoms with van der Waals surface area (Å²) in [5.41, 5.74) is 1.99. The van der Waals surface area contributed by atoms with E-state index in [1.165, 1.54) is 0 Å². The molecule has 2 aromatic rings. The van der Waals surface area contributed by atoms with Crippen LogP contribution in [0.1, 0.15) is 19.5 Å². The lowest BCUT2D eigenvalue weighted by molar-refractivity contribution is 0.271. The maximum atomic E-state index is 5.69. The van der Waals surface area contributed by atoms with Gasteiger partial charge in [0.05, 0.1) is 18.8 Å². The molecule has 0 saturated heterocycles. The molecule has 0 unspecified atom stereocenters. The van der Waals surface area contributed by atoms with E-state index in [4.69, 9.17) is 4.74 Å². The molecule has 0 aliphatic carbocycles. The van der Waals surface area contributed by atoms with Crippen molar-refractivity contribution in [2.45, 2.75) is 20.4 Å². The average molecular weight is 257 g/mol. The van der Waals surface area contributed by atoms with E-state index in [1.807, 2.05) is 30.3 Å². The molecule has 0 radical (unpaired) electrons. The first-order valence-electron chi connectivity index (χ1n) is 6.45. The molecule has 19 heavy (non-hydrogen) atoms. The van der Waals surface area contributed by atoms with Gasteiger partial charge in [0.25, 0.3) is 0 Å². The first kappa shape index (κ1) is 13.3. The zero-order chi connectivity index (χ0) is 13.5. The second kappa shape index (κ2) is 6.73. The van der Waals surface area contributed by atoms with Gasteiger partial charge >= 0.3 is 0 Å². The zero-order valence-corrected chi connectivity index (χ0v) is 11.3. The highest BCUT2D eigenvalue weighted by Crippen LogP contribution is 2.18. The molecule has 0 aliphatic rings. The largest absolute Gasteiger partial charge is 0.493 e. The van der Waals surface area contributed by atoms with Gasteiger partial charge in [-0.05, 0) is 24.1 Å². The Morgan fingerprint density at radius 2 is 2.16 bits per heavy atom. The first-order chi connectivity index (χ1) is 9.24. The third-order valence-corrected chi connectivity index (χ3v) is 2.53. The minimum atomic E-state index is 0.526. The van der Waals surface area contributed by atoms with Crippen LogP contribution in [0.25, 0.3) is 0 Å². The molecule has 2 rings (SSSR count). The van der Waals surface area contributed by atoms with Crippen LogP contribution < -0.4 is 10.1 Å². The number of hydrogen-bond donors (Lipinski definition) is 1. The second-order valence-corrected chi connectivity index (χ2v) is 4.79. The SMILES string of the molecule is CC(C)COc1cccc(NCc2ccncn2)c1. The summed E-state index contributed by atoms with van der Waals surface area (Å²) >= 11 is 0. The van der Waals surface area contributed by atoms with E-state index in [2.05, 4.69) is 29.1 Å². The molecule has 0 bridgehead atoms. The van der Waals surface area contributed by atoms with Gasteiger partial charge in [-0.3, -0.25) is 0 Å². The van der Waals surface area contributed by atoms with Crippen molar-refractivity contribution >= 4 is 5.69 Å². The Morgan fingerprint density at radius 1 is 1.26 bits per heavy atom. The van der Waals surface area contributed by atoms with E-state index in [-0.39, 0.29) is 0 Å². The third-order valence-electron chi connectivity index (χ3n) is 2.53. The molecule has 100 valence electrons. The number of nitrogens with one attached hydrogen (secondary N) is 1. The number of benzene rings is 1. The predicted octanol–water partition coefficient (Wildman–Crippen LogP) is 3.12. The third kappa shape index (κ3) is 4.58. The van der Waals surface area contributed by atoms with E-state index in [9.17, 15) is 0 Å². The molecule has 0 aliphatic heterocycles. The van der Waals surface area contributed by atoms with Crippen LogP contribution in [-0.2, 0) is 6.54 Å². The molecule has 0 amide bonds. The van der Waals surface area contributed by atoms with Crippen LogP contribution in [0.15, 0.2) is 42.9 Å². The Hall–Kier alpha value is -2.10. The molecule has 0 atom stereocenters. The van der Waals surface area contributed by atoms with Crippen molar-refractivity contribution in [3.8, 4) is 5.75 Å². The number of anilines is 1. The normalized spacial score (nSPS) is 10.5. The highest BCUT2D eigenvalue weighted by molar-refractivity contribution is 5.48. The van der Waals surface area contributed by atoms with Gasteiger partial charge in [0.15, 0.2) is 0 Å². The van der Waals surface area contributed by atoms with Crippen LogP contribution >= 0.6 is 0 Å². The molecule has 0 fully saturated rings. The van der Waals surface area contributed by atoms with E-state index < -0.39 is 0 Å². The molecular weight excluding hydrogens is 238 g/mol. The Labute approximate surface area is 113 Å². The summed E-state index contributed by atoms with van der Waals surface area (Å²) < 4.78 is 5.69. The summed E-state index contributed by atoms with van der Waals surface area (Å²) in [6.07, 6.45) is 3.30. The first-order valence-corrected chi connectivity index (χ1v) is 6.45. The fourth-order valence-electron chi connectivity index (χ4n) is 1.57. The lowest BCUT2D eigenvalue weighted by Gasteiger charge is -2.11. The minimum Gasteiger partial charge on any atom is -0.493 e. The molecule has 1 aromatic heterocycles. The summed E-state index contributed by atoms with van der Waals surface area (Å²) in [6.45, 7) is 5.68. The van der Waals surface area contributed by atoms with Gasteiger partial charge in [0.1, 0.15) is 12.1 Å². The minimum absolute atomic E-state index is 0.526. The highest BCUT2D eigenvalue weighted by atomic mass is 16.5. The summed E-state index contributed by atoms with van der Waals surface area (Å²) in [7, 11) is 0. The quantitative estimate of drug-likeness (QED) is 0.863. The van der Waals surface area contributed by atoms with Crippen molar-refractivity contribution in [3.05, 3.63) is 48.5 Å². The standard InChI is InChI=1S/C15H19N3O/c1-12(2)10-19-15-5-3-4-13(8-15)17-9-14-6-7-16-11-18-14/h3-8,11-12,17H,9-10H2,1-2H3. The van der Waals surface area contributed by atoms with Crippen molar-refractivity contribution in [2.75, 3.05) is 11.9 Å². The van der Waals surface area contributed by atoms with Crippen molar-refractivity contribution in [2.24, 2.45) is 5.92 Å². The van der Waals surface area contributed by atoms with E-state index in [0.717, 1.165) is 23.7 Å². The monoisotopic (exact) mass is 257 g/mol. The zero-order valence-electron chi connectivity index (χ0n) is 11.3. The molecular formula is C15H19N3O. The van der Waals surface area contributed by atoms with Gasteiger partial charge in [0.2, 0.25) is 0 Å². The van der Waals surface area contributed by atoms with Crippen LogP contribution in [-0.4, -0.2) is 16.6 Å². The molecule has 0 spiro atoms. The second-order valence-electron chi connectivity index (χ2n) is 4.79. The average Bonchev–Trinajstić information content (AvgIpc) is 2.44. The summed E-state index contributed by atoms with van der Waals surface area (Å²) in [4.78, 5) is 8.07. The molecule has 1 heterocycles. The van der Waals surface area contributed by atoms with Crippen LogP contribution in [0.3, 0.4) is 0 Å². The summed E-state index contributed by atoms with van der Waals surface area (Å²) in [6, 6.07) is 9.87. The summed E-state index contributed by atoms with van der Waals surface area (Å²) in [5.74, 6) is 1.42. The Kier molecular flexibility index (Phi) is 4.72. The van der Waals surface area contributed by atoms with Crippen LogP contribution in [0, 0.1) is 5.92 Å². The topological polar surface area (TPSA) is 47.0 Å². The highest BCUT2D eigenvalue weighted by Gasteiger charge is 1.99. The van der Waals surface area contributed by atoms with Gasteiger partial charge < -0.3 is 10.1 Å². The van der Waals surface area contributed by atoms with Crippen LogP contribution in [0.2, 0.25) is 0 Å². The number of hydrogen-bond acceptors (Lipinski definition) is 4. The van der Waals surface area contributed by atoms with Crippen molar-refractivity contribution < 1.29 is 4.74 Å². The van der Waals surface area contributed by atoms with E-state index in [0.29, 0.717) is 12.5 Å². The number of ether oxygens (including phenoxy) is 1. The Morgan fingerprint density at radius 3 is 2.89 bits per heavy atom. The summed E-state index contributed by atoms with van der Waals surface area (Å²) in [5, 5.41) is 3.32. The smallest absolute Gasteiger partial charge is 0.121 e. The van der Waals surface area contributed by atoms with Gasteiger partial charge in [-0.15, -0.1) is 0 Å². The fraction of sp³-hybridized carbons (Fsp3) is 0.333. The molecule has 0 saturated carbocycles. The van der Waals surface area contributed by atoms with Gasteiger partial charge in [-0.25, -0.2) is 9.97 Å². The van der Waals surface area contributed by atoms with Crippen molar-refractivity contribution in [1.29, 1.82) is 0 Å². The molecule has 1 aromatic carbocycles. The number of nitrogens with zero attached hydrogens (tertiary/aromatic N) is 2. The number of aromatic nitrogens is 2. The molecule has 4 nitrogen and oxygen atoms in total. The van der Waals surface area contributed by atoms with Crippen molar-refractivity contribution in [1.82, 2.24) is 9.97 Å². The molecule has 4 heteroatoms. The Balaban J connectivity index is 1.91. The predicted molar refractivity (Wildman–Crippen MR) is 76.1 cm³/mol. The molecule has 1 N–H and O–H groups in total.